The summed E-state index contributed by atoms with van der Waals surface area (Å²) in [7, 11) is 0. The van der Waals surface area contributed by atoms with Crippen molar-refractivity contribution in [2.75, 3.05) is 19.6 Å². The SMILES string of the molecule is CCC(C(N)=O)N(CC)CCN. The molecule has 0 saturated carbocycles. The van der Waals surface area contributed by atoms with Crippen LogP contribution in [0.1, 0.15) is 20.3 Å². The molecule has 4 N–H and O–H groups in total. The number of amides is 1. The van der Waals surface area contributed by atoms with Gasteiger partial charge in [-0.3, -0.25) is 9.69 Å². The van der Waals surface area contributed by atoms with Crippen LogP contribution in [0.15, 0.2) is 0 Å². The van der Waals surface area contributed by atoms with Gasteiger partial charge in [0.1, 0.15) is 0 Å². The lowest BCUT2D eigenvalue weighted by Gasteiger charge is -2.26. The fourth-order valence-corrected chi connectivity index (χ4v) is 1.34. The van der Waals surface area contributed by atoms with E-state index in [1.807, 2.05) is 18.7 Å². The van der Waals surface area contributed by atoms with E-state index in [9.17, 15) is 4.79 Å². The summed E-state index contributed by atoms with van der Waals surface area (Å²) in [6.07, 6.45) is 0.753. The predicted molar refractivity (Wildman–Crippen MR) is 49.6 cm³/mol. The van der Waals surface area contributed by atoms with Crippen molar-refractivity contribution in [3.05, 3.63) is 0 Å². The van der Waals surface area contributed by atoms with E-state index in [0.717, 1.165) is 19.5 Å². The average molecular weight is 173 g/mol. The monoisotopic (exact) mass is 173 g/mol. The molecule has 0 aromatic rings. The number of nitrogens with two attached hydrogens (primary N) is 2. The van der Waals surface area contributed by atoms with Crippen LogP contribution in [0.4, 0.5) is 0 Å². The van der Waals surface area contributed by atoms with Crippen molar-refractivity contribution >= 4 is 5.91 Å². The number of carbonyl (C=O) groups excluding carboxylic acids is 1. The largest absolute Gasteiger partial charge is 0.368 e. The van der Waals surface area contributed by atoms with Crippen molar-refractivity contribution < 1.29 is 4.79 Å². The van der Waals surface area contributed by atoms with Gasteiger partial charge in [-0.05, 0) is 13.0 Å². The lowest BCUT2D eigenvalue weighted by molar-refractivity contribution is -0.123. The Morgan fingerprint density at radius 1 is 1.50 bits per heavy atom. The Kier molecular flexibility index (Phi) is 5.66. The van der Waals surface area contributed by atoms with Gasteiger partial charge in [-0.25, -0.2) is 0 Å². The summed E-state index contributed by atoms with van der Waals surface area (Å²) in [6.45, 7) is 6.07. The van der Waals surface area contributed by atoms with E-state index in [1.165, 1.54) is 0 Å². The maximum atomic E-state index is 10.9. The van der Waals surface area contributed by atoms with Gasteiger partial charge in [-0.15, -0.1) is 0 Å². The molecule has 0 rings (SSSR count). The van der Waals surface area contributed by atoms with Crippen LogP contribution in [-0.2, 0) is 4.79 Å². The molecule has 0 bridgehead atoms. The van der Waals surface area contributed by atoms with Crippen LogP contribution >= 0.6 is 0 Å². The molecule has 0 fully saturated rings. The summed E-state index contributed by atoms with van der Waals surface area (Å²) in [5.41, 5.74) is 10.6. The highest BCUT2D eigenvalue weighted by Crippen LogP contribution is 2.01. The molecule has 0 heterocycles. The summed E-state index contributed by atoms with van der Waals surface area (Å²) in [6, 6.07) is -0.154. The van der Waals surface area contributed by atoms with Crippen molar-refractivity contribution in [1.29, 1.82) is 0 Å². The highest BCUT2D eigenvalue weighted by Gasteiger charge is 2.19. The fourth-order valence-electron chi connectivity index (χ4n) is 1.34. The van der Waals surface area contributed by atoms with Crippen molar-refractivity contribution in [2.45, 2.75) is 26.3 Å². The lowest BCUT2D eigenvalue weighted by atomic mass is 10.2. The predicted octanol–water partition coefficient (Wildman–Crippen LogP) is -0.469. The molecule has 0 saturated heterocycles. The first-order valence-electron chi connectivity index (χ1n) is 4.40. The molecule has 1 unspecified atom stereocenters. The maximum absolute atomic E-state index is 10.9. The summed E-state index contributed by atoms with van der Waals surface area (Å²) in [5, 5.41) is 0. The first-order chi connectivity index (χ1) is 5.67. The Labute approximate surface area is 73.9 Å². The molecular weight excluding hydrogens is 154 g/mol. The minimum Gasteiger partial charge on any atom is -0.368 e. The highest BCUT2D eigenvalue weighted by atomic mass is 16.1. The van der Waals surface area contributed by atoms with E-state index >= 15 is 0 Å². The van der Waals surface area contributed by atoms with Crippen LogP contribution in [0.2, 0.25) is 0 Å². The third-order valence-corrected chi connectivity index (χ3v) is 1.98. The number of hydrogen-bond donors (Lipinski definition) is 2. The summed E-state index contributed by atoms with van der Waals surface area (Å²) < 4.78 is 0. The van der Waals surface area contributed by atoms with E-state index in [0.29, 0.717) is 6.54 Å². The maximum Gasteiger partial charge on any atom is 0.234 e. The molecule has 4 heteroatoms. The molecule has 0 aromatic carbocycles. The number of primary amides is 1. The van der Waals surface area contributed by atoms with Gasteiger partial charge in [0.2, 0.25) is 5.91 Å². The van der Waals surface area contributed by atoms with Crippen molar-refractivity contribution in [3.63, 3.8) is 0 Å². The number of likely N-dealkylation sites (N-methyl/N-ethyl adjacent to an activating group) is 1. The van der Waals surface area contributed by atoms with Crippen LogP contribution in [-0.4, -0.2) is 36.5 Å². The molecule has 0 spiro atoms. The van der Waals surface area contributed by atoms with Gasteiger partial charge >= 0.3 is 0 Å². The summed E-state index contributed by atoms with van der Waals surface area (Å²) in [5.74, 6) is -0.257. The first-order valence-corrected chi connectivity index (χ1v) is 4.40. The topological polar surface area (TPSA) is 72.4 Å². The molecule has 0 aliphatic heterocycles. The van der Waals surface area contributed by atoms with Crippen LogP contribution in [0.25, 0.3) is 0 Å². The number of nitrogens with zero attached hydrogens (tertiary/aromatic N) is 1. The molecular formula is C8H19N3O. The molecule has 1 amide bonds. The second-order valence-electron chi connectivity index (χ2n) is 2.74. The van der Waals surface area contributed by atoms with E-state index in [1.54, 1.807) is 0 Å². The molecule has 72 valence electrons. The average Bonchev–Trinajstić information content (AvgIpc) is 2.03. The minimum atomic E-state index is -0.257. The van der Waals surface area contributed by atoms with Crippen LogP contribution < -0.4 is 11.5 Å². The fraction of sp³-hybridized carbons (Fsp3) is 0.875. The second kappa shape index (κ2) is 5.97. The van der Waals surface area contributed by atoms with Gasteiger partial charge in [0.05, 0.1) is 6.04 Å². The Morgan fingerprint density at radius 2 is 2.08 bits per heavy atom. The summed E-state index contributed by atoms with van der Waals surface area (Å²) in [4.78, 5) is 12.9. The van der Waals surface area contributed by atoms with Gasteiger partial charge in [-0.1, -0.05) is 13.8 Å². The molecule has 1 atom stereocenters. The van der Waals surface area contributed by atoms with Gasteiger partial charge in [-0.2, -0.15) is 0 Å². The van der Waals surface area contributed by atoms with Gasteiger partial charge in [0.15, 0.2) is 0 Å². The smallest absolute Gasteiger partial charge is 0.234 e. The van der Waals surface area contributed by atoms with Crippen molar-refractivity contribution in [1.82, 2.24) is 4.90 Å². The van der Waals surface area contributed by atoms with E-state index in [-0.39, 0.29) is 11.9 Å². The number of rotatable bonds is 6. The van der Waals surface area contributed by atoms with Gasteiger partial charge in [0, 0.05) is 13.1 Å². The second-order valence-corrected chi connectivity index (χ2v) is 2.74. The van der Waals surface area contributed by atoms with Gasteiger partial charge < -0.3 is 11.5 Å². The Hall–Kier alpha value is -0.610. The Bertz CT molecular complexity index is 138. The highest BCUT2D eigenvalue weighted by molar-refractivity contribution is 5.79. The van der Waals surface area contributed by atoms with Crippen molar-refractivity contribution in [2.24, 2.45) is 11.5 Å². The first kappa shape index (κ1) is 11.4. The van der Waals surface area contributed by atoms with Crippen LogP contribution in [0.3, 0.4) is 0 Å². The van der Waals surface area contributed by atoms with Crippen LogP contribution in [0, 0.1) is 0 Å². The molecule has 0 radical (unpaired) electrons. The molecule has 12 heavy (non-hydrogen) atoms. The summed E-state index contributed by atoms with van der Waals surface area (Å²) >= 11 is 0. The standard InChI is InChI=1S/C8H19N3O/c1-3-7(8(10)12)11(4-2)6-5-9/h7H,3-6,9H2,1-2H3,(H2,10,12). The zero-order chi connectivity index (χ0) is 9.56. The quantitative estimate of drug-likeness (QED) is 0.570. The minimum absolute atomic E-state index is 0.154. The molecule has 0 aromatic heterocycles. The van der Waals surface area contributed by atoms with Crippen molar-refractivity contribution in [3.8, 4) is 0 Å². The number of carbonyl (C=O) groups is 1. The lowest BCUT2D eigenvalue weighted by Crippen LogP contribution is -2.46. The van der Waals surface area contributed by atoms with E-state index < -0.39 is 0 Å². The Morgan fingerprint density at radius 3 is 2.33 bits per heavy atom. The van der Waals surface area contributed by atoms with Crippen LogP contribution in [0.5, 0.6) is 0 Å². The third kappa shape index (κ3) is 3.19. The van der Waals surface area contributed by atoms with Gasteiger partial charge in [0.25, 0.3) is 0 Å². The number of hydrogen-bond acceptors (Lipinski definition) is 3. The van der Waals surface area contributed by atoms with E-state index in [4.69, 9.17) is 11.5 Å². The molecule has 4 nitrogen and oxygen atoms in total. The molecule has 0 aliphatic rings. The molecule has 0 aliphatic carbocycles. The van der Waals surface area contributed by atoms with E-state index in [2.05, 4.69) is 0 Å². The third-order valence-electron chi connectivity index (χ3n) is 1.98. The zero-order valence-corrected chi connectivity index (χ0v) is 7.92. The zero-order valence-electron chi connectivity index (χ0n) is 7.92. The normalized spacial score (nSPS) is 13.3. The Balaban J connectivity index is 4.12.